The van der Waals surface area contributed by atoms with Crippen LogP contribution in [0.4, 0.5) is 17.3 Å². The Bertz CT molecular complexity index is 1120. The van der Waals surface area contributed by atoms with Crippen LogP contribution in [-0.4, -0.2) is 32.9 Å². The molecule has 0 saturated heterocycles. The van der Waals surface area contributed by atoms with Gasteiger partial charge >= 0.3 is 0 Å². The number of hydrogen-bond donors (Lipinski definition) is 3. The van der Waals surface area contributed by atoms with E-state index >= 15 is 0 Å². The van der Waals surface area contributed by atoms with Crippen molar-refractivity contribution in [1.29, 1.82) is 0 Å². The van der Waals surface area contributed by atoms with Crippen molar-refractivity contribution in [2.45, 2.75) is 27.3 Å². The van der Waals surface area contributed by atoms with Crippen molar-refractivity contribution in [2.75, 3.05) is 17.2 Å². The summed E-state index contributed by atoms with van der Waals surface area (Å²) in [7, 11) is 0. The average molecular weight is 390 g/mol. The first-order valence-electron chi connectivity index (χ1n) is 9.40. The monoisotopic (exact) mass is 390 g/mol. The Morgan fingerprint density at radius 3 is 2.76 bits per heavy atom. The second-order valence-electron chi connectivity index (χ2n) is 6.99. The van der Waals surface area contributed by atoms with Gasteiger partial charge in [-0.15, -0.1) is 0 Å². The van der Waals surface area contributed by atoms with Gasteiger partial charge in [0.1, 0.15) is 5.69 Å². The van der Waals surface area contributed by atoms with E-state index in [-0.39, 0.29) is 11.8 Å². The molecule has 0 atom stereocenters. The lowest BCUT2D eigenvalue weighted by Gasteiger charge is -2.17. The smallest absolute Gasteiger partial charge is 0.268 e. The number of nitrogens with one attached hydrogen (secondary N) is 3. The fraction of sp³-hybridized carbons (Fsp3) is 0.238. The summed E-state index contributed by atoms with van der Waals surface area (Å²) in [4.78, 5) is 32.6. The third-order valence-corrected chi connectivity index (χ3v) is 4.95. The Morgan fingerprint density at radius 1 is 1.21 bits per heavy atom. The van der Waals surface area contributed by atoms with E-state index in [4.69, 9.17) is 0 Å². The molecule has 0 radical (unpaired) electrons. The van der Waals surface area contributed by atoms with Crippen molar-refractivity contribution >= 4 is 29.1 Å². The third-order valence-electron chi connectivity index (χ3n) is 4.95. The molecular formula is C21H22N6O2. The first-order valence-corrected chi connectivity index (χ1v) is 9.40. The first kappa shape index (κ1) is 18.7. The number of rotatable bonds is 4. The number of amides is 2. The Labute approximate surface area is 168 Å². The fourth-order valence-electron chi connectivity index (χ4n) is 3.77. The number of aromatic nitrogens is 3. The van der Waals surface area contributed by atoms with Gasteiger partial charge in [-0.05, 0) is 43.7 Å². The molecule has 0 spiro atoms. The van der Waals surface area contributed by atoms with Gasteiger partial charge < -0.3 is 20.5 Å². The summed E-state index contributed by atoms with van der Waals surface area (Å²) in [5.41, 5.74) is 5.79. The van der Waals surface area contributed by atoms with Crippen LogP contribution >= 0.6 is 0 Å². The summed E-state index contributed by atoms with van der Waals surface area (Å²) in [5, 5.41) is 8.83. The summed E-state index contributed by atoms with van der Waals surface area (Å²) in [6.07, 6.45) is 1.69. The largest absolute Gasteiger partial charge is 0.349 e. The van der Waals surface area contributed by atoms with Gasteiger partial charge in [0.2, 0.25) is 11.9 Å². The van der Waals surface area contributed by atoms with E-state index in [1.54, 1.807) is 6.20 Å². The van der Waals surface area contributed by atoms with Crippen molar-refractivity contribution in [3.8, 4) is 11.3 Å². The SMILES string of the molecule is CC(=O)Nc1cccc(Nc2nccc(-c3c(C)c4n(c3C)CCNC4=O)n2)c1. The zero-order valence-corrected chi connectivity index (χ0v) is 16.5. The Hall–Kier alpha value is -3.68. The highest BCUT2D eigenvalue weighted by molar-refractivity contribution is 5.97. The van der Waals surface area contributed by atoms with Gasteiger partial charge in [-0.1, -0.05) is 6.07 Å². The second-order valence-corrected chi connectivity index (χ2v) is 6.99. The van der Waals surface area contributed by atoms with Crippen molar-refractivity contribution < 1.29 is 9.59 Å². The molecule has 148 valence electrons. The molecule has 1 aromatic carbocycles. The van der Waals surface area contributed by atoms with Crippen LogP contribution in [-0.2, 0) is 11.3 Å². The maximum atomic E-state index is 12.3. The highest BCUT2D eigenvalue weighted by atomic mass is 16.2. The summed E-state index contributed by atoms with van der Waals surface area (Å²) in [5.74, 6) is 0.258. The normalized spacial score (nSPS) is 12.9. The van der Waals surface area contributed by atoms with Gasteiger partial charge in [0.15, 0.2) is 0 Å². The zero-order chi connectivity index (χ0) is 20.5. The Morgan fingerprint density at radius 2 is 2.00 bits per heavy atom. The molecule has 3 aromatic rings. The lowest BCUT2D eigenvalue weighted by atomic mass is 10.1. The molecule has 3 N–H and O–H groups in total. The van der Waals surface area contributed by atoms with Crippen LogP contribution < -0.4 is 16.0 Å². The number of benzene rings is 1. The van der Waals surface area contributed by atoms with Crippen molar-refractivity contribution in [3.63, 3.8) is 0 Å². The third kappa shape index (κ3) is 3.56. The van der Waals surface area contributed by atoms with E-state index in [1.165, 1.54) is 6.92 Å². The molecule has 3 heterocycles. The summed E-state index contributed by atoms with van der Waals surface area (Å²) in [6.45, 7) is 6.80. The van der Waals surface area contributed by atoms with Crippen molar-refractivity contribution in [3.05, 3.63) is 53.5 Å². The van der Waals surface area contributed by atoms with Gasteiger partial charge in [0.25, 0.3) is 5.91 Å². The average Bonchev–Trinajstić information content (AvgIpc) is 2.93. The molecular weight excluding hydrogens is 368 g/mol. The van der Waals surface area contributed by atoms with E-state index in [9.17, 15) is 9.59 Å². The Balaban J connectivity index is 1.67. The number of nitrogens with zero attached hydrogens (tertiary/aromatic N) is 3. The van der Waals surface area contributed by atoms with Crippen molar-refractivity contribution in [2.24, 2.45) is 0 Å². The van der Waals surface area contributed by atoms with E-state index in [0.29, 0.717) is 23.9 Å². The standard InChI is InChI=1S/C21H22N6O2/c1-12-18(13(2)27-10-9-22-20(29)19(12)27)17-7-8-23-21(26-17)25-16-6-4-5-15(11-16)24-14(3)28/h4-8,11H,9-10H2,1-3H3,(H,22,29)(H,24,28)(H,23,25,26). The van der Waals surface area contributed by atoms with Gasteiger partial charge in [-0.2, -0.15) is 0 Å². The number of hydrogen-bond acceptors (Lipinski definition) is 5. The first-order chi connectivity index (χ1) is 13.9. The van der Waals surface area contributed by atoms with E-state index in [0.717, 1.165) is 34.7 Å². The number of anilines is 3. The molecule has 29 heavy (non-hydrogen) atoms. The number of carbonyl (C=O) groups excluding carboxylic acids is 2. The predicted molar refractivity (Wildman–Crippen MR) is 111 cm³/mol. The summed E-state index contributed by atoms with van der Waals surface area (Å²) < 4.78 is 2.05. The quantitative estimate of drug-likeness (QED) is 0.636. The van der Waals surface area contributed by atoms with Crippen LogP contribution in [0.2, 0.25) is 0 Å². The molecule has 4 rings (SSSR count). The number of fused-ring (bicyclic) bond motifs is 1. The zero-order valence-electron chi connectivity index (χ0n) is 16.5. The Kier molecular flexibility index (Phi) is 4.75. The van der Waals surface area contributed by atoms with Crippen LogP contribution in [0.1, 0.15) is 28.7 Å². The molecule has 8 heteroatoms. The maximum Gasteiger partial charge on any atom is 0.268 e. The molecule has 1 aliphatic heterocycles. The van der Waals surface area contributed by atoms with Crippen LogP contribution in [0.25, 0.3) is 11.3 Å². The molecule has 2 amide bonds. The molecule has 0 aliphatic carbocycles. The van der Waals surface area contributed by atoms with Gasteiger partial charge in [0, 0.05) is 48.8 Å². The predicted octanol–water partition coefficient (Wildman–Crippen LogP) is 3.01. The molecule has 8 nitrogen and oxygen atoms in total. The highest BCUT2D eigenvalue weighted by Crippen LogP contribution is 2.32. The molecule has 0 saturated carbocycles. The molecule has 0 fully saturated rings. The van der Waals surface area contributed by atoms with E-state index < -0.39 is 0 Å². The molecule has 2 aromatic heterocycles. The number of carbonyl (C=O) groups is 2. The maximum absolute atomic E-state index is 12.3. The van der Waals surface area contributed by atoms with E-state index in [2.05, 4.69) is 30.5 Å². The van der Waals surface area contributed by atoms with Gasteiger partial charge in [-0.3, -0.25) is 9.59 Å². The van der Waals surface area contributed by atoms with Crippen molar-refractivity contribution in [1.82, 2.24) is 19.9 Å². The van der Waals surface area contributed by atoms with Crippen LogP contribution in [0.5, 0.6) is 0 Å². The van der Waals surface area contributed by atoms with Crippen LogP contribution in [0, 0.1) is 13.8 Å². The molecule has 1 aliphatic rings. The van der Waals surface area contributed by atoms with Gasteiger partial charge in [-0.25, -0.2) is 9.97 Å². The second kappa shape index (κ2) is 7.38. The lowest BCUT2D eigenvalue weighted by molar-refractivity contribution is -0.114. The molecule has 0 bridgehead atoms. The highest BCUT2D eigenvalue weighted by Gasteiger charge is 2.26. The minimum absolute atomic E-state index is 0.0507. The van der Waals surface area contributed by atoms with E-state index in [1.807, 2.05) is 44.2 Å². The summed E-state index contributed by atoms with van der Waals surface area (Å²) >= 11 is 0. The minimum atomic E-state index is -0.131. The summed E-state index contributed by atoms with van der Waals surface area (Å²) in [6, 6.07) is 9.19. The van der Waals surface area contributed by atoms with Gasteiger partial charge in [0.05, 0.1) is 5.69 Å². The van der Waals surface area contributed by atoms with Crippen LogP contribution in [0.15, 0.2) is 36.5 Å². The lowest BCUT2D eigenvalue weighted by Crippen LogP contribution is -2.35. The minimum Gasteiger partial charge on any atom is -0.349 e. The van der Waals surface area contributed by atoms with Crippen LogP contribution in [0.3, 0.4) is 0 Å². The molecule has 0 unspecified atom stereocenters. The fourth-order valence-corrected chi connectivity index (χ4v) is 3.77. The topological polar surface area (TPSA) is 101 Å².